The number of carbonyl (C=O) groups is 3. The molecule has 1 spiro atoms. The van der Waals surface area contributed by atoms with E-state index < -0.39 is 17.5 Å². The molecule has 26 heavy (non-hydrogen) atoms. The quantitative estimate of drug-likeness (QED) is 0.732. The summed E-state index contributed by atoms with van der Waals surface area (Å²) < 4.78 is 0. The number of urea groups is 1. The maximum atomic E-state index is 12.8. The predicted molar refractivity (Wildman–Crippen MR) is 95.3 cm³/mol. The van der Waals surface area contributed by atoms with Gasteiger partial charge in [0.1, 0.15) is 12.1 Å². The molecule has 2 heterocycles. The summed E-state index contributed by atoms with van der Waals surface area (Å²) in [5, 5.41) is 5.43. The highest BCUT2D eigenvalue weighted by molar-refractivity contribution is 6.10. The van der Waals surface area contributed by atoms with Crippen molar-refractivity contribution in [1.29, 1.82) is 0 Å². The van der Waals surface area contributed by atoms with Crippen molar-refractivity contribution in [2.75, 3.05) is 11.9 Å². The fraction of sp³-hybridized carbons (Fsp3) is 0.444. The maximum Gasteiger partial charge on any atom is 0.325 e. The Morgan fingerprint density at radius 3 is 2.77 bits per heavy atom. The molecule has 2 fully saturated rings. The Hall–Kier alpha value is -2.90. The molecule has 1 aromatic heterocycles. The number of hydrogen-bond donors (Lipinski definition) is 3. The van der Waals surface area contributed by atoms with Gasteiger partial charge in [0.05, 0.1) is 11.0 Å². The summed E-state index contributed by atoms with van der Waals surface area (Å²) in [4.78, 5) is 45.6. The van der Waals surface area contributed by atoms with Crippen LogP contribution in [0.1, 0.15) is 32.6 Å². The molecule has 4 rings (SSSR count). The summed E-state index contributed by atoms with van der Waals surface area (Å²) in [6.45, 7) is 1.83. The second-order valence-corrected chi connectivity index (χ2v) is 7.24. The number of anilines is 1. The smallest absolute Gasteiger partial charge is 0.324 e. The molecular weight excluding hydrogens is 334 g/mol. The maximum absolute atomic E-state index is 12.8. The molecule has 0 radical (unpaired) electrons. The van der Waals surface area contributed by atoms with Crippen LogP contribution in [-0.4, -0.2) is 44.8 Å². The van der Waals surface area contributed by atoms with E-state index in [1.807, 2.05) is 24.3 Å². The number of hydrogen-bond acceptors (Lipinski definition) is 4. The van der Waals surface area contributed by atoms with Crippen molar-refractivity contribution in [3.05, 3.63) is 24.3 Å². The highest BCUT2D eigenvalue weighted by Gasteiger charge is 2.52. The lowest BCUT2D eigenvalue weighted by Gasteiger charge is -2.33. The second kappa shape index (κ2) is 6.12. The van der Waals surface area contributed by atoms with E-state index in [1.165, 1.54) is 0 Å². The van der Waals surface area contributed by atoms with Gasteiger partial charge in [-0.05, 0) is 43.7 Å². The minimum absolute atomic E-state index is 0.296. The average molecular weight is 355 g/mol. The molecule has 0 atom stereocenters. The largest absolute Gasteiger partial charge is 0.325 e. The van der Waals surface area contributed by atoms with Gasteiger partial charge in [-0.1, -0.05) is 19.1 Å². The lowest BCUT2D eigenvalue weighted by molar-refractivity contribution is -0.135. The van der Waals surface area contributed by atoms with Gasteiger partial charge in [0.25, 0.3) is 5.91 Å². The van der Waals surface area contributed by atoms with Gasteiger partial charge in [-0.3, -0.25) is 19.8 Å². The lowest BCUT2D eigenvalue weighted by atomic mass is 9.77. The van der Waals surface area contributed by atoms with E-state index in [1.54, 1.807) is 0 Å². The first-order valence-corrected chi connectivity index (χ1v) is 8.85. The fourth-order valence-electron chi connectivity index (χ4n) is 3.74. The summed E-state index contributed by atoms with van der Waals surface area (Å²) in [5.41, 5.74) is 0.699. The molecule has 136 valence electrons. The van der Waals surface area contributed by atoms with Crippen LogP contribution >= 0.6 is 0 Å². The topological polar surface area (TPSA) is 107 Å². The molecular formula is C18H21N5O3. The first-order valence-electron chi connectivity index (χ1n) is 8.85. The van der Waals surface area contributed by atoms with Crippen molar-refractivity contribution in [1.82, 2.24) is 20.2 Å². The van der Waals surface area contributed by atoms with Crippen LogP contribution < -0.4 is 10.6 Å². The Balaban J connectivity index is 1.44. The third-order valence-electron chi connectivity index (χ3n) is 5.32. The van der Waals surface area contributed by atoms with Gasteiger partial charge in [-0.15, -0.1) is 0 Å². The molecule has 0 unspecified atom stereocenters. The zero-order chi connectivity index (χ0) is 18.3. The van der Waals surface area contributed by atoms with Crippen LogP contribution in [0.2, 0.25) is 0 Å². The Morgan fingerprint density at radius 1 is 1.31 bits per heavy atom. The number of aromatic amines is 1. The van der Waals surface area contributed by atoms with Gasteiger partial charge in [-0.2, -0.15) is 0 Å². The number of rotatable bonds is 3. The number of para-hydroxylation sites is 2. The summed E-state index contributed by atoms with van der Waals surface area (Å²) in [5.74, 6) is 0.0863. The van der Waals surface area contributed by atoms with Crippen molar-refractivity contribution in [2.45, 2.75) is 38.1 Å². The Kier molecular flexibility index (Phi) is 3.90. The Morgan fingerprint density at radius 2 is 2.04 bits per heavy atom. The van der Waals surface area contributed by atoms with E-state index in [2.05, 4.69) is 27.5 Å². The molecule has 3 N–H and O–H groups in total. The van der Waals surface area contributed by atoms with Crippen LogP contribution in [0.4, 0.5) is 10.7 Å². The molecule has 2 aliphatic rings. The number of nitrogens with one attached hydrogen (secondary N) is 3. The van der Waals surface area contributed by atoms with Crippen LogP contribution in [-0.2, 0) is 9.59 Å². The van der Waals surface area contributed by atoms with E-state index in [-0.39, 0.29) is 12.5 Å². The van der Waals surface area contributed by atoms with Gasteiger partial charge < -0.3 is 10.3 Å². The standard InChI is InChI=1S/C18H21N5O3/c1-11-6-8-18(9-7-11)15(25)23(17(26)22-18)10-14(24)21-16-19-12-4-2-3-5-13(12)20-16/h2-5,11H,6-10H2,1H3,(H,22,26)(H2,19,20,21,24). The van der Waals surface area contributed by atoms with Gasteiger partial charge >= 0.3 is 6.03 Å². The molecule has 1 saturated carbocycles. The van der Waals surface area contributed by atoms with Crippen molar-refractivity contribution < 1.29 is 14.4 Å². The van der Waals surface area contributed by atoms with Crippen LogP contribution in [0.25, 0.3) is 11.0 Å². The van der Waals surface area contributed by atoms with Gasteiger partial charge in [0, 0.05) is 0 Å². The fourth-order valence-corrected chi connectivity index (χ4v) is 3.74. The van der Waals surface area contributed by atoms with Crippen molar-refractivity contribution in [3.8, 4) is 0 Å². The van der Waals surface area contributed by atoms with E-state index in [4.69, 9.17) is 0 Å². The summed E-state index contributed by atoms with van der Waals surface area (Å²) in [6, 6.07) is 6.90. The van der Waals surface area contributed by atoms with E-state index in [0.717, 1.165) is 28.8 Å². The molecule has 1 aliphatic carbocycles. The minimum atomic E-state index is -0.830. The highest BCUT2D eigenvalue weighted by atomic mass is 16.2. The SMILES string of the molecule is CC1CCC2(CC1)NC(=O)N(CC(=O)Nc1nc3ccccc3[nH]1)C2=O. The number of fused-ring (bicyclic) bond motifs is 1. The number of benzene rings is 1. The first kappa shape index (κ1) is 16.6. The third kappa shape index (κ3) is 2.81. The van der Waals surface area contributed by atoms with Crippen LogP contribution in [0, 0.1) is 5.92 Å². The Labute approximate surface area is 150 Å². The van der Waals surface area contributed by atoms with Crippen molar-refractivity contribution in [2.24, 2.45) is 5.92 Å². The number of nitrogens with zero attached hydrogens (tertiary/aromatic N) is 2. The van der Waals surface area contributed by atoms with Gasteiger partial charge in [0.15, 0.2) is 0 Å². The number of imidazole rings is 1. The summed E-state index contributed by atoms with van der Waals surface area (Å²) >= 11 is 0. The number of carbonyl (C=O) groups excluding carboxylic acids is 3. The molecule has 0 bridgehead atoms. The van der Waals surface area contributed by atoms with Gasteiger partial charge in [-0.25, -0.2) is 9.78 Å². The minimum Gasteiger partial charge on any atom is -0.324 e. The Bertz CT molecular complexity index is 849. The monoisotopic (exact) mass is 355 g/mol. The zero-order valence-electron chi connectivity index (χ0n) is 14.5. The number of imide groups is 1. The molecule has 1 saturated heterocycles. The second-order valence-electron chi connectivity index (χ2n) is 7.24. The number of H-pyrrole nitrogens is 1. The van der Waals surface area contributed by atoms with Crippen molar-refractivity contribution in [3.63, 3.8) is 0 Å². The van der Waals surface area contributed by atoms with Gasteiger partial charge in [0.2, 0.25) is 11.9 Å². The number of aromatic nitrogens is 2. The summed E-state index contributed by atoms with van der Waals surface area (Å²) in [6.07, 6.45) is 3.04. The predicted octanol–water partition coefficient (Wildman–Crippen LogP) is 2.00. The third-order valence-corrected chi connectivity index (χ3v) is 5.32. The molecule has 8 nitrogen and oxygen atoms in total. The van der Waals surface area contributed by atoms with Crippen LogP contribution in [0.5, 0.6) is 0 Å². The lowest BCUT2D eigenvalue weighted by Crippen LogP contribution is -2.49. The molecule has 2 aromatic rings. The normalized spacial score (nSPS) is 25.7. The molecule has 1 aromatic carbocycles. The van der Waals surface area contributed by atoms with E-state index >= 15 is 0 Å². The van der Waals surface area contributed by atoms with Crippen LogP contribution in [0.3, 0.4) is 0 Å². The van der Waals surface area contributed by atoms with Crippen molar-refractivity contribution >= 4 is 34.8 Å². The van der Waals surface area contributed by atoms with Crippen LogP contribution in [0.15, 0.2) is 24.3 Å². The van der Waals surface area contributed by atoms with E-state index in [9.17, 15) is 14.4 Å². The molecule has 4 amide bonds. The average Bonchev–Trinajstić information content (AvgIpc) is 3.11. The summed E-state index contributed by atoms with van der Waals surface area (Å²) in [7, 11) is 0. The zero-order valence-corrected chi connectivity index (χ0v) is 14.5. The highest BCUT2D eigenvalue weighted by Crippen LogP contribution is 2.36. The number of amides is 4. The first-order chi connectivity index (χ1) is 12.5. The molecule has 8 heteroatoms. The van der Waals surface area contributed by atoms with E-state index in [0.29, 0.717) is 24.7 Å². The molecule has 1 aliphatic heterocycles.